The van der Waals surface area contributed by atoms with E-state index in [1.807, 2.05) is 0 Å². The Balaban J connectivity index is 2.70. The lowest BCUT2D eigenvalue weighted by Gasteiger charge is -2.05. The van der Waals surface area contributed by atoms with E-state index in [0.29, 0.717) is 5.56 Å². The number of carbonyl (C=O) groups is 1. The number of nitrogens with zero attached hydrogens (tertiary/aromatic N) is 2. The first kappa shape index (κ1) is 10.7. The van der Waals surface area contributed by atoms with Gasteiger partial charge in [-0.15, -0.1) is 0 Å². The molecular weight excluding hydrogens is 182 g/mol. The zero-order chi connectivity index (χ0) is 10.6. The largest absolute Gasteiger partial charge is 0.468 e. The molecule has 14 heavy (non-hydrogen) atoms. The van der Waals surface area contributed by atoms with Gasteiger partial charge in [-0.3, -0.25) is 9.48 Å². The standard InChI is InChI=1S/C9H15N3O2/c1-3-4-12-6-7(5-11-12)8(10)9(13)14-2/h5-6,8H,3-4,10H2,1-2H3. The van der Waals surface area contributed by atoms with Crippen LogP contribution in [-0.2, 0) is 16.1 Å². The van der Waals surface area contributed by atoms with E-state index in [4.69, 9.17) is 5.73 Å². The second-order valence-corrected chi connectivity index (χ2v) is 3.04. The van der Waals surface area contributed by atoms with Crippen molar-refractivity contribution in [3.8, 4) is 0 Å². The summed E-state index contributed by atoms with van der Waals surface area (Å²) in [7, 11) is 1.32. The molecule has 0 saturated carbocycles. The SMILES string of the molecule is CCCn1cc(C(N)C(=O)OC)cn1. The molecule has 0 radical (unpaired) electrons. The fourth-order valence-corrected chi connectivity index (χ4v) is 1.15. The fourth-order valence-electron chi connectivity index (χ4n) is 1.15. The number of hydrogen-bond donors (Lipinski definition) is 1. The van der Waals surface area contributed by atoms with Crippen LogP contribution in [0.1, 0.15) is 24.9 Å². The van der Waals surface area contributed by atoms with E-state index in [1.54, 1.807) is 17.1 Å². The van der Waals surface area contributed by atoms with Crippen LogP contribution in [-0.4, -0.2) is 22.9 Å². The van der Waals surface area contributed by atoms with E-state index in [-0.39, 0.29) is 0 Å². The molecule has 0 bridgehead atoms. The molecule has 0 aliphatic rings. The van der Waals surface area contributed by atoms with Crippen molar-refractivity contribution in [3.05, 3.63) is 18.0 Å². The third-order valence-corrected chi connectivity index (χ3v) is 1.92. The number of rotatable bonds is 4. The molecule has 78 valence electrons. The zero-order valence-corrected chi connectivity index (χ0v) is 8.43. The zero-order valence-electron chi connectivity index (χ0n) is 8.43. The minimum Gasteiger partial charge on any atom is -0.468 e. The van der Waals surface area contributed by atoms with Crippen molar-refractivity contribution in [2.75, 3.05) is 7.11 Å². The van der Waals surface area contributed by atoms with Gasteiger partial charge in [-0.25, -0.2) is 0 Å². The van der Waals surface area contributed by atoms with Gasteiger partial charge in [-0.05, 0) is 6.42 Å². The van der Waals surface area contributed by atoms with Gasteiger partial charge < -0.3 is 10.5 Å². The van der Waals surface area contributed by atoms with E-state index in [9.17, 15) is 4.79 Å². The molecule has 0 saturated heterocycles. The van der Waals surface area contributed by atoms with E-state index in [0.717, 1.165) is 13.0 Å². The van der Waals surface area contributed by atoms with Crippen LogP contribution in [0, 0.1) is 0 Å². The number of ether oxygens (including phenoxy) is 1. The maximum absolute atomic E-state index is 11.1. The Labute approximate surface area is 82.8 Å². The lowest BCUT2D eigenvalue weighted by atomic mass is 10.2. The van der Waals surface area contributed by atoms with Crippen LogP contribution >= 0.6 is 0 Å². The molecule has 1 heterocycles. The van der Waals surface area contributed by atoms with Crippen molar-refractivity contribution in [2.24, 2.45) is 5.73 Å². The van der Waals surface area contributed by atoms with Crippen molar-refractivity contribution in [1.29, 1.82) is 0 Å². The predicted molar refractivity (Wildman–Crippen MR) is 51.5 cm³/mol. The third-order valence-electron chi connectivity index (χ3n) is 1.92. The fraction of sp³-hybridized carbons (Fsp3) is 0.556. The molecule has 1 aromatic rings. The lowest BCUT2D eigenvalue weighted by Crippen LogP contribution is -2.22. The smallest absolute Gasteiger partial charge is 0.327 e. The van der Waals surface area contributed by atoms with Gasteiger partial charge in [0.05, 0.1) is 13.3 Å². The third kappa shape index (κ3) is 2.32. The molecule has 1 rings (SSSR count). The topological polar surface area (TPSA) is 70.1 Å². The van der Waals surface area contributed by atoms with Crippen LogP contribution in [0.2, 0.25) is 0 Å². The van der Waals surface area contributed by atoms with Crippen molar-refractivity contribution in [1.82, 2.24) is 9.78 Å². The number of hydrogen-bond acceptors (Lipinski definition) is 4. The molecule has 0 fully saturated rings. The highest BCUT2D eigenvalue weighted by Crippen LogP contribution is 2.10. The molecule has 5 heteroatoms. The number of aryl methyl sites for hydroxylation is 1. The Bertz CT molecular complexity index is 309. The van der Waals surface area contributed by atoms with Crippen molar-refractivity contribution >= 4 is 5.97 Å². The molecule has 1 aromatic heterocycles. The summed E-state index contributed by atoms with van der Waals surface area (Å²) in [5.74, 6) is -0.443. The molecule has 1 atom stereocenters. The summed E-state index contributed by atoms with van der Waals surface area (Å²) >= 11 is 0. The summed E-state index contributed by atoms with van der Waals surface area (Å²) < 4.78 is 6.30. The predicted octanol–water partition coefficient (Wildman–Crippen LogP) is 0.466. The average molecular weight is 197 g/mol. The maximum atomic E-state index is 11.1. The van der Waals surface area contributed by atoms with E-state index in [2.05, 4.69) is 16.8 Å². The van der Waals surface area contributed by atoms with Gasteiger partial charge in [0.25, 0.3) is 0 Å². The molecular formula is C9H15N3O2. The van der Waals surface area contributed by atoms with Gasteiger partial charge >= 0.3 is 5.97 Å². The summed E-state index contributed by atoms with van der Waals surface area (Å²) in [6.45, 7) is 2.88. The first-order chi connectivity index (χ1) is 6.69. The van der Waals surface area contributed by atoms with E-state index >= 15 is 0 Å². The molecule has 0 aromatic carbocycles. The summed E-state index contributed by atoms with van der Waals surface area (Å²) in [5, 5.41) is 4.07. The second kappa shape index (κ2) is 4.76. The van der Waals surface area contributed by atoms with Gasteiger partial charge in [0.2, 0.25) is 0 Å². The van der Waals surface area contributed by atoms with Gasteiger partial charge in [0.1, 0.15) is 6.04 Å². The second-order valence-electron chi connectivity index (χ2n) is 3.04. The number of carbonyl (C=O) groups excluding carboxylic acids is 1. The van der Waals surface area contributed by atoms with Crippen LogP contribution in [0.5, 0.6) is 0 Å². The lowest BCUT2D eigenvalue weighted by molar-refractivity contribution is -0.142. The molecule has 0 aliphatic heterocycles. The number of aromatic nitrogens is 2. The normalized spacial score (nSPS) is 12.5. The highest BCUT2D eigenvalue weighted by Gasteiger charge is 2.17. The van der Waals surface area contributed by atoms with Gasteiger partial charge in [-0.2, -0.15) is 5.10 Å². The van der Waals surface area contributed by atoms with Crippen molar-refractivity contribution in [2.45, 2.75) is 25.9 Å². The summed E-state index contributed by atoms with van der Waals surface area (Å²) in [6, 6.07) is -0.731. The highest BCUT2D eigenvalue weighted by atomic mass is 16.5. The number of esters is 1. The van der Waals surface area contributed by atoms with Crippen LogP contribution in [0.3, 0.4) is 0 Å². The van der Waals surface area contributed by atoms with Crippen LogP contribution in [0.25, 0.3) is 0 Å². The highest BCUT2D eigenvalue weighted by molar-refractivity contribution is 5.76. The molecule has 0 amide bonds. The van der Waals surface area contributed by atoms with Crippen LogP contribution in [0.4, 0.5) is 0 Å². The minimum atomic E-state index is -0.731. The van der Waals surface area contributed by atoms with Crippen molar-refractivity contribution < 1.29 is 9.53 Å². The van der Waals surface area contributed by atoms with Gasteiger partial charge in [0, 0.05) is 18.3 Å². The summed E-state index contributed by atoms with van der Waals surface area (Å²) in [4.78, 5) is 11.1. The quantitative estimate of drug-likeness (QED) is 0.712. The van der Waals surface area contributed by atoms with E-state index in [1.165, 1.54) is 7.11 Å². The minimum absolute atomic E-state index is 0.443. The van der Waals surface area contributed by atoms with Gasteiger partial charge in [0.15, 0.2) is 0 Å². The monoisotopic (exact) mass is 197 g/mol. The van der Waals surface area contributed by atoms with Crippen LogP contribution in [0.15, 0.2) is 12.4 Å². The Morgan fingerprint density at radius 2 is 2.50 bits per heavy atom. The molecule has 0 spiro atoms. The molecule has 5 nitrogen and oxygen atoms in total. The maximum Gasteiger partial charge on any atom is 0.327 e. The molecule has 0 aliphatic carbocycles. The first-order valence-electron chi connectivity index (χ1n) is 4.54. The molecule has 2 N–H and O–H groups in total. The van der Waals surface area contributed by atoms with E-state index < -0.39 is 12.0 Å². The van der Waals surface area contributed by atoms with Gasteiger partial charge in [-0.1, -0.05) is 6.92 Å². The summed E-state index contributed by atoms with van der Waals surface area (Å²) in [6.07, 6.45) is 4.36. The Morgan fingerprint density at radius 3 is 3.07 bits per heavy atom. The van der Waals surface area contributed by atoms with Crippen molar-refractivity contribution in [3.63, 3.8) is 0 Å². The Kier molecular flexibility index (Phi) is 3.64. The van der Waals surface area contributed by atoms with Crippen LogP contribution < -0.4 is 5.73 Å². The number of methoxy groups -OCH3 is 1. The Hall–Kier alpha value is -1.36. The first-order valence-corrected chi connectivity index (χ1v) is 4.54. The average Bonchev–Trinajstić information content (AvgIpc) is 2.64. The summed E-state index contributed by atoms with van der Waals surface area (Å²) in [5.41, 5.74) is 6.32. The molecule has 1 unspecified atom stereocenters. The number of nitrogens with two attached hydrogens (primary N) is 1. The Morgan fingerprint density at radius 1 is 1.79 bits per heavy atom.